The molecule has 0 N–H and O–H groups in total. The Balaban J connectivity index is -0.000000161. The van der Waals surface area contributed by atoms with Crippen molar-refractivity contribution in [2.24, 2.45) is 0 Å². The van der Waals surface area contributed by atoms with Gasteiger partial charge in [-0.05, 0) is 178 Å². The van der Waals surface area contributed by atoms with E-state index in [2.05, 4.69) is 208 Å². The fraction of sp³-hybridized carbons (Fsp3) is 0.476. The molecule has 363 valence electrons. The van der Waals surface area contributed by atoms with Gasteiger partial charge in [0.05, 0.1) is 0 Å². The van der Waals surface area contributed by atoms with Gasteiger partial charge in [0.2, 0.25) is 0 Å². The molecule has 6 fully saturated rings. The Kier molecular flexibility index (Phi) is 44.5. The maximum Gasteiger partial charge on any atom is 3.00 e. The minimum Gasteiger partial charge on any atom is -0.358 e. The molecule has 0 saturated heterocycles. The van der Waals surface area contributed by atoms with Crippen LogP contribution in [0.5, 0.6) is 0 Å². The SMILES string of the molecule is C[C]1[C](C)[C](C)[C](C)[C]1C.C[C]1[C](C)[C](C)[C](C)[C]1C.C[C]1[C](C)[C](C)[C](C)[C]1C.C[C]1[C](C)[C](C)[C](C)[C]1C.C[C]1[C](C)[C](C)[C](C)[C]1C.C[C]1[C](C)[C](C)[C](C)[C]1C.[CH3-].[CH3-].[CH3-].[Sm+3].[Sm+3].[Sm+3]. The van der Waals surface area contributed by atoms with Gasteiger partial charge in [0, 0.05) is 0 Å². The van der Waals surface area contributed by atoms with Crippen molar-refractivity contribution in [3.05, 3.63) is 200 Å². The molecule has 0 bridgehead atoms. The monoisotopic (exact) mass is 1310 g/mol. The van der Waals surface area contributed by atoms with E-state index >= 15 is 0 Å². The summed E-state index contributed by atoms with van der Waals surface area (Å²) in [4.78, 5) is 0. The van der Waals surface area contributed by atoms with Crippen LogP contribution in [0.1, 0.15) is 208 Å². The fourth-order valence-electron chi connectivity index (χ4n) is 8.44. The molecular formula is C63H99Sm3+6. The van der Waals surface area contributed by atoms with Crippen LogP contribution in [0.25, 0.3) is 0 Å². The van der Waals surface area contributed by atoms with Crippen LogP contribution in [0.2, 0.25) is 0 Å². The number of rotatable bonds is 0. The molecule has 6 aliphatic carbocycles. The van der Waals surface area contributed by atoms with Gasteiger partial charge < -0.3 is 22.3 Å². The zero-order valence-corrected chi connectivity index (χ0v) is 57.1. The summed E-state index contributed by atoms with van der Waals surface area (Å²) in [6.45, 7) is 66.0. The van der Waals surface area contributed by atoms with Crippen molar-refractivity contribution in [3.8, 4) is 0 Å². The van der Waals surface area contributed by atoms with Crippen molar-refractivity contribution in [1.82, 2.24) is 0 Å². The summed E-state index contributed by atoms with van der Waals surface area (Å²) in [7, 11) is 0. The molecule has 0 aliphatic heterocycles. The molecule has 0 atom stereocenters. The van der Waals surface area contributed by atoms with Gasteiger partial charge in [-0.3, -0.25) is 0 Å². The molecule has 33 radical (unpaired) electrons. The third-order valence-electron chi connectivity index (χ3n) is 16.9. The molecule has 6 aliphatic rings. The molecule has 0 spiro atoms. The van der Waals surface area contributed by atoms with Crippen molar-refractivity contribution in [3.63, 3.8) is 0 Å². The van der Waals surface area contributed by atoms with Gasteiger partial charge in [-0.15, -0.1) is 0 Å². The molecule has 6 saturated carbocycles. The van der Waals surface area contributed by atoms with E-state index in [4.69, 9.17) is 0 Å². The molecule has 3 heteroatoms. The van der Waals surface area contributed by atoms with Crippen LogP contribution in [0.15, 0.2) is 0 Å². The Morgan fingerprint density at radius 3 is 0.121 bits per heavy atom. The molecular weight excluding hydrogens is 1210 g/mol. The maximum absolute atomic E-state index is 2.20. The Hall–Kier alpha value is 4.01. The van der Waals surface area contributed by atoms with Crippen LogP contribution < -0.4 is 0 Å². The van der Waals surface area contributed by atoms with Crippen LogP contribution in [-0.2, 0) is 0 Å². The zero-order chi connectivity index (χ0) is 47.3. The van der Waals surface area contributed by atoms with Crippen LogP contribution in [-0.4, -0.2) is 0 Å². The van der Waals surface area contributed by atoms with Gasteiger partial charge in [0.15, 0.2) is 0 Å². The number of hydrogen-bond acceptors (Lipinski definition) is 0. The van der Waals surface area contributed by atoms with Gasteiger partial charge in [-0.1, -0.05) is 208 Å². The minimum atomic E-state index is 0. The van der Waals surface area contributed by atoms with E-state index in [0.717, 1.165) is 0 Å². The standard InChI is InChI=1S/6C10H15.3CH3.3Sm/c6*1-6-7(2)9(4)10(5)8(6)3;;;;;;/h6*1-5H3;3*1H3;;;/q;;;;;;3*-1;3*+3. The Labute approximate surface area is 521 Å². The van der Waals surface area contributed by atoms with Gasteiger partial charge in [-0.2, -0.15) is 0 Å². The van der Waals surface area contributed by atoms with Crippen molar-refractivity contribution in [2.75, 3.05) is 0 Å². The van der Waals surface area contributed by atoms with E-state index < -0.39 is 0 Å². The van der Waals surface area contributed by atoms with Crippen molar-refractivity contribution in [1.29, 1.82) is 0 Å². The van der Waals surface area contributed by atoms with E-state index in [-0.39, 0.29) is 143 Å². The van der Waals surface area contributed by atoms with Crippen LogP contribution in [0.3, 0.4) is 0 Å². The molecule has 0 aromatic rings. The first kappa shape index (κ1) is 81.4. The summed E-state index contributed by atoms with van der Waals surface area (Å²) in [5, 5.41) is 0. The van der Waals surface area contributed by atoms with E-state index in [1.165, 1.54) is 178 Å². The van der Waals surface area contributed by atoms with Crippen LogP contribution >= 0.6 is 0 Å². The summed E-state index contributed by atoms with van der Waals surface area (Å²) in [6, 6.07) is 0. The number of hydrogen-bond donors (Lipinski definition) is 0. The second kappa shape index (κ2) is 36.1. The largest absolute Gasteiger partial charge is 3.00 e. The molecule has 6 rings (SSSR count). The summed E-state index contributed by atoms with van der Waals surface area (Å²) >= 11 is 0. The Bertz CT molecular complexity index is 685. The third kappa shape index (κ3) is 19.9. The van der Waals surface area contributed by atoms with Gasteiger partial charge in [0.1, 0.15) is 0 Å². The quantitative estimate of drug-likeness (QED) is 0.212. The first-order valence-electron chi connectivity index (χ1n) is 22.5. The predicted molar refractivity (Wildman–Crippen MR) is 287 cm³/mol. The second-order valence-corrected chi connectivity index (χ2v) is 18.8. The van der Waals surface area contributed by atoms with Gasteiger partial charge in [-0.25, -0.2) is 0 Å². The summed E-state index contributed by atoms with van der Waals surface area (Å²) < 4.78 is 0. The topological polar surface area (TPSA) is 0 Å². The van der Waals surface area contributed by atoms with Gasteiger partial charge in [0.25, 0.3) is 0 Å². The molecule has 0 unspecified atom stereocenters. The molecule has 0 aromatic heterocycles. The molecule has 0 heterocycles. The Morgan fingerprint density at radius 1 is 0.0909 bits per heavy atom. The molecule has 0 nitrogen and oxygen atoms in total. The average Bonchev–Trinajstić information content (AvgIpc) is 3.79. The van der Waals surface area contributed by atoms with E-state index in [1.807, 2.05) is 0 Å². The van der Waals surface area contributed by atoms with Crippen LogP contribution in [0.4, 0.5) is 0 Å². The summed E-state index contributed by atoms with van der Waals surface area (Å²) in [6.07, 6.45) is 0. The van der Waals surface area contributed by atoms with E-state index in [9.17, 15) is 0 Å². The van der Waals surface area contributed by atoms with Crippen molar-refractivity contribution >= 4 is 0 Å². The second-order valence-electron chi connectivity index (χ2n) is 18.8. The predicted octanol–water partition coefficient (Wildman–Crippen LogP) is 19.2. The average molecular weight is 1310 g/mol. The Morgan fingerprint density at radius 2 is 0.106 bits per heavy atom. The van der Waals surface area contributed by atoms with Crippen molar-refractivity contribution < 1.29 is 121 Å². The maximum atomic E-state index is 2.20. The van der Waals surface area contributed by atoms with E-state index in [1.54, 1.807) is 0 Å². The third-order valence-corrected chi connectivity index (χ3v) is 16.9. The smallest absolute Gasteiger partial charge is 0.358 e. The fourth-order valence-corrected chi connectivity index (χ4v) is 8.44. The molecule has 0 amide bonds. The normalized spacial score (nSPS) is 25.9. The van der Waals surface area contributed by atoms with Crippen LogP contribution in [0, 0.1) is 321 Å². The zero-order valence-electron chi connectivity index (χ0n) is 49.2. The van der Waals surface area contributed by atoms with Gasteiger partial charge >= 0.3 is 121 Å². The summed E-state index contributed by atoms with van der Waals surface area (Å²) in [5.41, 5.74) is 0. The van der Waals surface area contributed by atoms with Crippen molar-refractivity contribution in [2.45, 2.75) is 208 Å². The summed E-state index contributed by atoms with van der Waals surface area (Å²) in [5.74, 6) is 44.0. The molecule has 66 heavy (non-hydrogen) atoms. The first-order chi connectivity index (χ1) is 27.3. The first-order valence-corrected chi connectivity index (χ1v) is 22.5. The minimum absolute atomic E-state index is 0. The molecule has 0 aromatic carbocycles. The van der Waals surface area contributed by atoms with E-state index in [0.29, 0.717) is 0 Å².